The summed E-state index contributed by atoms with van der Waals surface area (Å²) in [5.74, 6) is 0.454. The van der Waals surface area contributed by atoms with Gasteiger partial charge in [0.05, 0.1) is 5.39 Å². The van der Waals surface area contributed by atoms with Gasteiger partial charge in [0.2, 0.25) is 5.91 Å². The number of amides is 1. The molecule has 30 heavy (non-hydrogen) atoms. The van der Waals surface area contributed by atoms with Crippen molar-refractivity contribution in [1.29, 1.82) is 0 Å². The highest BCUT2D eigenvalue weighted by Gasteiger charge is 2.39. The van der Waals surface area contributed by atoms with E-state index in [-0.39, 0.29) is 6.54 Å². The van der Waals surface area contributed by atoms with Gasteiger partial charge in [0.15, 0.2) is 5.82 Å². The lowest BCUT2D eigenvalue weighted by molar-refractivity contribution is -0.157. The van der Waals surface area contributed by atoms with Crippen molar-refractivity contribution in [3.63, 3.8) is 0 Å². The summed E-state index contributed by atoms with van der Waals surface area (Å²) in [6.45, 7) is -1.15. The van der Waals surface area contributed by atoms with Crippen LogP contribution >= 0.6 is 11.3 Å². The first kappa shape index (κ1) is 19.2. The summed E-state index contributed by atoms with van der Waals surface area (Å²) in [5.41, 5.74) is 1.93. The summed E-state index contributed by atoms with van der Waals surface area (Å²) in [6.07, 6.45) is 2.18. The minimum Gasteiger partial charge on any atom is -0.358 e. The Labute approximate surface area is 174 Å². The molecule has 1 atom stereocenters. The second kappa shape index (κ2) is 7.19. The number of hydrogen-bond donors (Lipinski definition) is 1. The van der Waals surface area contributed by atoms with Gasteiger partial charge in [-0.25, -0.2) is 9.97 Å². The van der Waals surface area contributed by atoms with Crippen molar-refractivity contribution >= 4 is 33.3 Å². The van der Waals surface area contributed by atoms with E-state index in [4.69, 9.17) is 4.98 Å². The fourth-order valence-electron chi connectivity index (χ4n) is 4.14. The molecule has 0 radical (unpaired) electrons. The predicted octanol–water partition coefficient (Wildman–Crippen LogP) is 3.82. The third-order valence-electron chi connectivity index (χ3n) is 5.46. The molecule has 156 valence electrons. The van der Waals surface area contributed by atoms with Gasteiger partial charge in [-0.15, -0.1) is 11.3 Å². The van der Waals surface area contributed by atoms with Crippen molar-refractivity contribution in [2.45, 2.75) is 37.9 Å². The number of fused-ring (bicyclic) bond motifs is 3. The lowest BCUT2D eigenvalue weighted by Crippen LogP contribution is -2.39. The van der Waals surface area contributed by atoms with E-state index < -0.39 is 24.7 Å². The number of thiophene rings is 1. The fourth-order valence-corrected chi connectivity index (χ4v) is 5.40. The van der Waals surface area contributed by atoms with Crippen LogP contribution in [-0.2, 0) is 17.6 Å². The number of rotatable bonds is 4. The maximum absolute atomic E-state index is 12.8. The van der Waals surface area contributed by atoms with Gasteiger partial charge in [-0.1, -0.05) is 0 Å². The Morgan fingerprint density at radius 3 is 2.90 bits per heavy atom. The van der Waals surface area contributed by atoms with Crippen LogP contribution in [0.1, 0.15) is 23.3 Å². The zero-order valence-corrected chi connectivity index (χ0v) is 16.7. The summed E-state index contributed by atoms with van der Waals surface area (Å²) in [5, 5.41) is 4.04. The molecule has 1 aliphatic carbocycles. The quantitative estimate of drug-likeness (QED) is 0.678. The number of aromatic nitrogens is 3. The molecule has 2 aliphatic rings. The minimum absolute atomic E-state index is 0.0709. The Hall–Kier alpha value is -2.75. The van der Waals surface area contributed by atoms with Crippen LogP contribution in [0.15, 0.2) is 24.5 Å². The van der Waals surface area contributed by atoms with Crippen molar-refractivity contribution in [2.24, 2.45) is 0 Å². The van der Waals surface area contributed by atoms with Crippen LogP contribution in [0.4, 0.5) is 19.0 Å². The molecule has 0 saturated carbocycles. The highest BCUT2D eigenvalue weighted by Crippen LogP contribution is 2.41. The number of nitrogens with one attached hydrogen (secondary N) is 1. The second-order valence-electron chi connectivity index (χ2n) is 7.54. The van der Waals surface area contributed by atoms with Gasteiger partial charge in [0.1, 0.15) is 23.2 Å². The van der Waals surface area contributed by atoms with Crippen LogP contribution in [0.3, 0.4) is 0 Å². The molecule has 5 rings (SSSR count). The topological polar surface area (TPSA) is 71.0 Å². The normalized spacial score (nSPS) is 19.0. The summed E-state index contributed by atoms with van der Waals surface area (Å²) >= 11 is 1.62. The first-order chi connectivity index (χ1) is 14.4. The van der Waals surface area contributed by atoms with Crippen LogP contribution in [-0.4, -0.2) is 51.1 Å². The first-order valence-corrected chi connectivity index (χ1v) is 10.6. The number of anilines is 1. The number of aryl methyl sites for hydroxylation is 2. The molecule has 0 bridgehead atoms. The Kier molecular flexibility index (Phi) is 4.61. The number of carbonyl (C=O) groups excluding carboxylic acids is 1. The third kappa shape index (κ3) is 3.49. The Bertz CT molecular complexity index is 1120. The molecule has 1 aliphatic heterocycles. The first-order valence-electron chi connectivity index (χ1n) is 9.74. The van der Waals surface area contributed by atoms with Gasteiger partial charge in [-0.2, -0.15) is 13.2 Å². The largest absolute Gasteiger partial charge is 0.406 e. The lowest BCUT2D eigenvalue weighted by atomic mass is 10.1. The molecule has 3 aromatic heterocycles. The van der Waals surface area contributed by atoms with E-state index in [2.05, 4.69) is 15.3 Å². The van der Waals surface area contributed by atoms with Crippen molar-refractivity contribution in [3.8, 4) is 11.4 Å². The molecule has 6 nitrogen and oxygen atoms in total. The average molecular weight is 433 g/mol. The SMILES string of the molecule is O=C1C(Nc2nc(-c3cccnc3)nc3sc4c(c23)CCC4)CCN1CC(F)(F)F. The summed E-state index contributed by atoms with van der Waals surface area (Å²) in [7, 11) is 0. The van der Waals surface area contributed by atoms with E-state index in [1.165, 1.54) is 10.4 Å². The van der Waals surface area contributed by atoms with Gasteiger partial charge < -0.3 is 10.2 Å². The fraction of sp³-hybridized carbons (Fsp3) is 0.400. The van der Waals surface area contributed by atoms with E-state index in [0.29, 0.717) is 18.1 Å². The van der Waals surface area contributed by atoms with Gasteiger partial charge in [0.25, 0.3) is 0 Å². The molecule has 1 amide bonds. The van der Waals surface area contributed by atoms with Crippen LogP contribution in [0.2, 0.25) is 0 Å². The molecule has 1 saturated heterocycles. The van der Waals surface area contributed by atoms with Crippen LogP contribution in [0.25, 0.3) is 21.6 Å². The third-order valence-corrected chi connectivity index (χ3v) is 6.65. The number of carbonyl (C=O) groups is 1. The molecule has 4 heterocycles. The number of pyridine rings is 1. The van der Waals surface area contributed by atoms with Gasteiger partial charge in [-0.05, 0) is 43.4 Å². The smallest absolute Gasteiger partial charge is 0.358 e. The number of halogens is 3. The predicted molar refractivity (Wildman–Crippen MR) is 107 cm³/mol. The van der Waals surface area contributed by atoms with Crippen molar-refractivity contribution in [3.05, 3.63) is 35.0 Å². The van der Waals surface area contributed by atoms with E-state index in [1.807, 2.05) is 6.07 Å². The summed E-state index contributed by atoms with van der Waals surface area (Å²) in [4.78, 5) is 29.0. The Balaban J connectivity index is 1.52. The molecule has 1 fully saturated rings. The monoisotopic (exact) mass is 433 g/mol. The van der Waals surface area contributed by atoms with Gasteiger partial charge >= 0.3 is 6.18 Å². The van der Waals surface area contributed by atoms with Crippen LogP contribution in [0, 0.1) is 0 Å². The Morgan fingerprint density at radius 1 is 1.27 bits per heavy atom. The van der Waals surface area contributed by atoms with Crippen molar-refractivity contribution < 1.29 is 18.0 Å². The number of nitrogens with zero attached hydrogens (tertiary/aromatic N) is 4. The number of alkyl halides is 3. The van der Waals surface area contributed by atoms with Crippen molar-refractivity contribution in [1.82, 2.24) is 19.9 Å². The summed E-state index contributed by atoms with van der Waals surface area (Å²) < 4.78 is 38.3. The van der Waals surface area contributed by atoms with Crippen molar-refractivity contribution in [2.75, 3.05) is 18.4 Å². The van der Waals surface area contributed by atoms with Gasteiger partial charge in [0, 0.05) is 29.4 Å². The van der Waals surface area contributed by atoms with E-state index in [0.717, 1.165) is 39.9 Å². The van der Waals surface area contributed by atoms with Gasteiger partial charge in [-0.3, -0.25) is 9.78 Å². The molecular formula is C20H18F3N5OS. The number of hydrogen-bond acceptors (Lipinski definition) is 6. The van der Waals surface area contributed by atoms with E-state index >= 15 is 0 Å². The molecular weight excluding hydrogens is 415 g/mol. The molecule has 3 aromatic rings. The highest BCUT2D eigenvalue weighted by atomic mass is 32.1. The van der Waals surface area contributed by atoms with Crippen LogP contribution in [0.5, 0.6) is 0 Å². The zero-order chi connectivity index (χ0) is 20.9. The lowest BCUT2D eigenvalue weighted by Gasteiger charge is -2.19. The second-order valence-corrected chi connectivity index (χ2v) is 8.62. The van der Waals surface area contributed by atoms with E-state index in [9.17, 15) is 18.0 Å². The Morgan fingerprint density at radius 2 is 2.13 bits per heavy atom. The molecule has 0 spiro atoms. The maximum atomic E-state index is 12.8. The molecule has 1 N–H and O–H groups in total. The van der Waals surface area contributed by atoms with Crippen LogP contribution < -0.4 is 5.32 Å². The average Bonchev–Trinajstić information content (AvgIpc) is 3.38. The maximum Gasteiger partial charge on any atom is 0.406 e. The summed E-state index contributed by atoms with van der Waals surface area (Å²) in [6, 6.07) is 2.91. The zero-order valence-electron chi connectivity index (χ0n) is 15.9. The minimum atomic E-state index is -4.41. The number of likely N-dealkylation sites (tertiary alicyclic amines) is 1. The molecule has 1 unspecified atom stereocenters. The molecule has 0 aromatic carbocycles. The highest BCUT2D eigenvalue weighted by molar-refractivity contribution is 7.19. The molecule has 10 heteroatoms. The van der Waals surface area contributed by atoms with E-state index in [1.54, 1.807) is 29.8 Å². The standard InChI is InChI=1S/C20H18F3N5OS/c21-20(22,23)10-28-8-6-13(19(28)29)25-17-15-12-4-1-5-14(12)30-18(15)27-16(26-17)11-3-2-7-24-9-11/h2-3,7,9,13H,1,4-6,8,10H2,(H,25,26,27).